The zero-order valence-electron chi connectivity index (χ0n) is 15.1. The molecule has 0 bridgehead atoms. The highest BCUT2D eigenvalue weighted by atomic mass is 35.5. The van der Waals surface area contributed by atoms with E-state index in [4.69, 9.17) is 11.6 Å². The van der Waals surface area contributed by atoms with Crippen molar-refractivity contribution in [1.82, 2.24) is 24.5 Å². The van der Waals surface area contributed by atoms with Crippen molar-refractivity contribution >= 4 is 38.2 Å². The number of fused-ring (bicyclic) bond motifs is 1. The molecule has 4 aromatic rings. The molecule has 1 N–H and O–H groups in total. The van der Waals surface area contributed by atoms with Crippen molar-refractivity contribution in [2.45, 2.75) is 11.1 Å². The molecule has 4 rings (SSSR count). The summed E-state index contributed by atoms with van der Waals surface area (Å²) in [6.45, 7) is 0. The molecule has 3 aromatic heterocycles. The molecule has 0 saturated carbocycles. The van der Waals surface area contributed by atoms with Gasteiger partial charge in [0.1, 0.15) is 4.90 Å². The molecule has 0 fully saturated rings. The van der Waals surface area contributed by atoms with Gasteiger partial charge in [0.05, 0.1) is 40.4 Å². The molecule has 0 radical (unpaired) electrons. The topological polar surface area (TPSA) is 94.7 Å². The van der Waals surface area contributed by atoms with Crippen LogP contribution < -0.4 is 4.72 Å². The lowest BCUT2D eigenvalue weighted by molar-refractivity contribution is -0.137. The van der Waals surface area contributed by atoms with Crippen molar-refractivity contribution in [3.63, 3.8) is 0 Å². The summed E-state index contributed by atoms with van der Waals surface area (Å²) in [5.41, 5.74) is -0.220. The highest BCUT2D eigenvalue weighted by Gasteiger charge is 2.31. The molecular formula is C17H12ClF3N6O2S. The van der Waals surface area contributed by atoms with Crippen molar-refractivity contribution in [1.29, 1.82) is 0 Å². The number of nitrogens with zero attached hydrogens (tertiary/aromatic N) is 5. The van der Waals surface area contributed by atoms with Crippen LogP contribution in [0.2, 0.25) is 5.02 Å². The quantitative estimate of drug-likeness (QED) is 0.506. The lowest BCUT2D eigenvalue weighted by Crippen LogP contribution is -2.13. The number of sulfonamides is 1. The highest BCUT2D eigenvalue weighted by Crippen LogP contribution is 2.31. The maximum atomic E-state index is 12.9. The van der Waals surface area contributed by atoms with E-state index in [-0.39, 0.29) is 16.4 Å². The van der Waals surface area contributed by atoms with Crippen molar-refractivity contribution in [3.05, 3.63) is 59.6 Å². The van der Waals surface area contributed by atoms with Crippen LogP contribution in [0.1, 0.15) is 5.56 Å². The summed E-state index contributed by atoms with van der Waals surface area (Å²) < 4.78 is 69.2. The van der Waals surface area contributed by atoms with Gasteiger partial charge in [-0.25, -0.2) is 18.1 Å². The van der Waals surface area contributed by atoms with E-state index in [9.17, 15) is 21.6 Å². The SMILES string of the molecule is Cn1ncc2c(Cl)ccc(NS(=O)(=O)c3cnn(-c4cc(C(F)(F)F)ccn4)c3)c21. The third-order valence-corrected chi connectivity index (χ3v) is 5.92. The molecule has 0 aliphatic carbocycles. The first-order valence-electron chi connectivity index (χ1n) is 8.27. The highest BCUT2D eigenvalue weighted by molar-refractivity contribution is 7.92. The summed E-state index contributed by atoms with van der Waals surface area (Å²) in [4.78, 5) is 3.56. The van der Waals surface area contributed by atoms with Crippen LogP contribution in [0, 0.1) is 0 Å². The Morgan fingerprint density at radius 3 is 2.63 bits per heavy atom. The molecule has 1 aromatic carbocycles. The van der Waals surface area contributed by atoms with E-state index in [0.29, 0.717) is 15.9 Å². The van der Waals surface area contributed by atoms with Crippen LogP contribution >= 0.6 is 11.6 Å². The zero-order chi connectivity index (χ0) is 21.7. The molecule has 0 unspecified atom stereocenters. The fraction of sp³-hybridized carbons (Fsp3) is 0.118. The average molecular weight is 457 g/mol. The number of aryl methyl sites for hydroxylation is 1. The number of benzene rings is 1. The van der Waals surface area contributed by atoms with Crippen LogP contribution in [0.15, 0.2) is 53.9 Å². The molecule has 3 heterocycles. The fourth-order valence-corrected chi connectivity index (χ4v) is 4.03. The first-order chi connectivity index (χ1) is 14.1. The zero-order valence-corrected chi connectivity index (χ0v) is 16.7. The monoisotopic (exact) mass is 456 g/mol. The van der Waals surface area contributed by atoms with Gasteiger partial charge in [-0.2, -0.15) is 23.4 Å². The Hall–Kier alpha value is -3.12. The second kappa shape index (κ2) is 6.99. The first-order valence-corrected chi connectivity index (χ1v) is 10.1. The minimum atomic E-state index is -4.57. The molecule has 156 valence electrons. The van der Waals surface area contributed by atoms with E-state index < -0.39 is 21.8 Å². The number of anilines is 1. The van der Waals surface area contributed by atoms with Crippen molar-refractivity contribution < 1.29 is 21.6 Å². The maximum Gasteiger partial charge on any atom is 0.416 e. The van der Waals surface area contributed by atoms with Gasteiger partial charge in [-0.15, -0.1) is 0 Å². The van der Waals surface area contributed by atoms with Crippen LogP contribution in [0.3, 0.4) is 0 Å². The minimum Gasteiger partial charge on any atom is -0.277 e. The molecule has 30 heavy (non-hydrogen) atoms. The van der Waals surface area contributed by atoms with E-state index in [0.717, 1.165) is 35.4 Å². The third-order valence-electron chi connectivity index (χ3n) is 4.27. The van der Waals surface area contributed by atoms with Crippen molar-refractivity contribution in [2.24, 2.45) is 7.05 Å². The van der Waals surface area contributed by atoms with E-state index in [1.54, 1.807) is 7.05 Å². The van der Waals surface area contributed by atoms with Crippen LogP contribution in [-0.2, 0) is 23.2 Å². The summed E-state index contributed by atoms with van der Waals surface area (Å²) in [5, 5.41) is 8.87. The predicted molar refractivity (Wildman–Crippen MR) is 103 cm³/mol. The van der Waals surface area contributed by atoms with Crippen LogP contribution in [0.25, 0.3) is 16.7 Å². The van der Waals surface area contributed by atoms with Crippen LogP contribution in [-0.4, -0.2) is 33.0 Å². The van der Waals surface area contributed by atoms with E-state index in [2.05, 4.69) is 19.9 Å². The molecule has 0 aliphatic rings. The predicted octanol–water partition coefficient (Wildman–Crippen LogP) is 3.63. The van der Waals surface area contributed by atoms with Gasteiger partial charge in [-0.3, -0.25) is 9.40 Å². The van der Waals surface area contributed by atoms with Crippen molar-refractivity contribution in [2.75, 3.05) is 4.72 Å². The molecule has 0 saturated heterocycles. The van der Waals surface area contributed by atoms with Crippen molar-refractivity contribution in [3.8, 4) is 5.82 Å². The van der Waals surface area contributed by atoms with Gasteiger partial charge in [0.15, 0.2) is 5.82 Å². The first kappa shape index (κ1) is 20.2. The summed E-state index contributed by atoms with van der Waals surface area (Å²) in [6.07, 6.45) is -0.00190. The minimum absolute atomic E-state index is 0.174. The molecule has 0 atom stereocenters. The average Bonchev–Trinajstić information content (AvgIpc) is 3.32. The largest absolute Gasteiger partial charge is 0.416 e. The van der Waals surface area contributed by atoms with E-state index in [1.165, 1.54) is 23.0 Å². The number of alkyl halides is 3. The second-order valence-corrected chi connectivity index (χ2v) is 8.34. The Labute approximate surface area is 173 Å². The summed E-state index contributed by atoms with van der Waals surface area (Å²) in [5.74, 6) is -0.174. The number of hydrogen-bond donors (Lipinski definition) is 1. The number of nitrogens with one attached hydrogen (secondary N) is 1. The third kappa shape index (κ3) is 3.59. The van der Waals surface area contributed by atoms with E-state index in [1.807, 2.05) is 0 Å². The van der Waals surface area contributed by atoms with Gasteiger partial charge in [0.25, 0.3) is 10.0 Å². The Kier molecular flexibility index (Phi) is 4.70. The molecule has 0 spiro atoms. The van der Waals surface area contributed by atoms with Gasteiger partial charge in [0.2, 0.25) is 0 Å². The van der Waals surface area contributed by atoms with Gasteiger partial charge >= 0.3 is 6.18 Å². The van der Waals surface area contributed by atoms with E-state index >= 15 is 0 Å². The van der Waals surface area contributed by atoms with Crippen LogP contribution in [0.5, 0.6) is 0 Å². The van der Waals surface area contributed by atoms with Gasteiger partial charge < -0.3 is 0 Å². The standard InChI is InChI=1S/C17H12ClF3N6O2S/c1-26-16-12(8-23-26)13(18)2-3-14(16)25-30(28,29)11-7-24-27(9-11)15-6-10(4-5-22-15)17(19,20)21/h2-9,25H,1H3. The lowest BCUT2D eigenvalue weighted by atomic mass is 10.2. The summed E-state index contributed by atoms with van der Waals surface area (Å²) >= 11 is 6.12. The van der Waals surface area contributed by atoms with Gasteiger partial charge in [-0.05, 0) is 24.3 Å². The maximum absolute atomic E-state index is 12.9. The molecule has 13 heteroatoms. The number of rotatable bonds is 4. The Morgan fingerprint density at radius 1 is 1.13 bits per heavy atom. The molecule has 0 amide bonds. The Balaban J connectivity index is 1.69. The number of aromatic nitrogens is 5. The Bertz CT molecular complexity index is 1360. The molecule has 0 aliphatic heterocycles. The Morgan fingerprint density at radius 2 is 1.90 bits per heavy atom. The molecule has 8 nitrogen and oxygen atoms in total. The lowest BCUT2D eigenvalue weighted by Gasteiger charge is -2.09. The smallest absolute Gasteiger partial charge is 0.277 e. The van der Waals surface area contributed by atoms with Gasteiger partial charge in [-0.1, -0.05) is 11.6 Å². The van der Waals surface area contributed by atoms with Crippen LogP contribution in [0.4, 0.5) is 18.9 Å². The summed E-state index contributed by atoms with van der Waals surface area (Å²) in [7, 11) is -2.47. The normalized spacial score (nSPS) is 12.4. The number of pyridine rings is 1. The fourth-order valence-electron chi connectivity index (χ4n) is 2.83. The second-order valence-electron chi connectivity index (χ2n) is 6.25. The number of hydrogen-bond acceptors (Lipinski definition) is 5. The molecular weight excluding hydrogens is 445 g/mol. The summed E-state index contributed by atoms with van der Waals surface area (Å²) in [6, 6.07) is 4.60. The van der Waals surface area contributed by atoms with Gasteiger partial charge in [0, 0.05) is 18.6 Å². The number of halogens is 4.